The molecule has 0 aliphatic rings. The Labute approximate surface area is 311 Å². The summed E-state index contributed by atoms with van der Waals surface area (Å²) < 4.78 is 30.6. The minimum Gasteiger partial charge on any atom is -0.466 e. The van der Waals surface area contributed by atoms with Gasteiger partial charge < -0.3 is 4.74 Å². The molecule has 7 nitrogen and oxygen atoms in total. The predicted octanol–water partition coefficient (Wildman–Crippen LogP) is 9.87. The molecule has 2 atom stereocenters. The van der Waals surface area contributed by atoms with E-state index in [9.17, 15) is 18.0 Å². The second-order valence-electron chi connectivity index (χ2n) is 12.0. The number of esters is 1. The van der Waals surface area contributed by atoms with Gasteiger partial charge in [0.2, 0.25) is 0 Å². The highest BCUT2D eigenvalue weighted by Gasteiger charge is 2.22. The lowest BCUT2D eigenvalue weighted by molar-refractivity contribution is -0.147. The van der Waals surface area contributed by atoms with Crippen LogP contribution in [0.5, 0.6) is 0 Å². The van der Waals surface area contributed by atoms with Gasteiger partial charge in [0.05, 0.1) is 18.0 Å². The molecule has 0 saturated heterocycles. The quantitative estimate of drug-likeness (QED) is 0.104. The monoisotopic (exact) mass is 742 g/mol. The lowest BCUT2D eigenvalue weighted by Gasteiger charge is -2.21. The molecule has 1 heterocycles. The number of pyridine rings is 1. The Kier molecular flexibility index (Phi) is 15.9. The molecular weight excluding hydrogens is 700 g/mol. The summed E-state index contributed by atoms with van der Waals surface area (Å²) >= 11 is 7.87. The lowest BCUT2D eigenvalue weighted by Crippen LogP contribution is -2.20. The number of carbonyl (C=O) groups excluding carboxylic acids is 2. The van der Waals surface area contributed by atoms with Crippen molar-refractivity contribution in [2.45, 2.75) is 58.1 Å². The van der Waals surface area contributed by atoms with Crippen molar-refractivity contribution < 1.29 is 22.7 Å². The van der Waals surface area contributed by atoms with Gasteiger partial charge in [0.15, 0.2) is 0 Å². The number of fused-ring (bicyclic) bond motifs is 1. The molecule has 2 unspecified atom stereocenters. The number of carbonyl (C=O) groups is 2. The van der Waals surface area contributed by atoms with Crippen LogP contribution in [0.1, 0.15) is 70.2 Å². The molecule has 0 aliphatic carbocycles. The first-order valence-electron chi connectivity index (χ1n) is 17.0. The molecule has 5 aromatic rings. The molecule has 10 heteroatoms. The molecule has 0 spiro atoms. The summed E-state index contributed by atoms with van der Waals surface area (Å²) in [5, 5.41) is 1.73. The highest BCUT2D eigenvalue weighted by molar-refractivity contribution is 7.99. The number of hydrogen-bond acceptors (Lipinski definition) is 7. The highest BCUT2D eigenvalue weighted by atomic mass is 35.5. The number of aryl methyl sites for hydroxylation is 4. The number of benzene rings is 4. The molecule has 51 heavy (non-hydrogen) atoms. The van der Waals surface area contributed by atoms with Gasteiger partial charge in [-0.3, -0.25) is 14.6 Å². The number of thioether (sulfide) groups is 1. The van der Waals surface area contributed by atoms with Crippen molar-refractivity contribution in [3.63, 3.8) is 0 Å². The Hall–Kier alpha value is -4.31. The van der Waals surface area contributed by atoms with Gasteiger partial charge in [-0.1, -0.05) is 113 Å². The van der Waals surface area contributed by atoms with E-state index in [-0.39, 0.29) is 22.7 Å². The SMILES string of the molecule is CCOC(=O)C(CC)CSC(CCc1ccccc1C(=O)N=S(=O)=O)c1cccc(CCc2ccc3ccc(Cl)cc3n2)c1.Cc1ccccc1. The van der Waals surface area contributed by atoms with Crippen molar-refractivity contribution >= 4 is 56.6 Å². The van der Waals surface area contributed by atoms with Gasteiger partial charge in [0.1, 0.15) is 0 Å². The van der Waals surface area contributed by atoms with E-state index >= 15 is 0 Å². The molecule has 0 N–H and O–H groups in total. The number of ether oxygens (including phenoxy) is 1. The number of hydrogen-bond donors (Lipinski definition) is 0. The molecule has 0 bridgehead atoms. The average molecular weight is 743 g/mol. The van der Waals surface area contributed by atoms with E-state index in [4.69, 9.17) is 21.3 Å². The number of nitrogens with zero attached hydrogens (tertiary/aromatic N) is 2. The van der Waals surface area contributed by atoms with Gasteiger partial charge >= 0.3 is 16.5 Å². The zero-order valence-electron chi connectivity index (χ0n) is 29.1. The maximum absolute atomic E-state index is 12.5. The van der Waals surface area contributed by atoms with E-state index in [1.165, 1.54) is 11.1 Å². The van der Waals surface area contributed by atoms with Crippen LogP contribution in [0.3, 0.4) is 0 Å². The number of amides is 1. The Bertz CT molecular complexity index is 2050. The highest BCUT2D eigenvalue weighted by Crippen LogP contribution is 2.36. The Morgan fingerprint density at radius 2 is 1.61 bits per heavy atom. The maximum Gasteiger partial charge on any atom is 0.319 e. The Morgan fingerprint density at radius 1 is 0.863 bits per heavy atom. The standard InChI is InChI=1S/C34H35ClN2O5S2.C7H8/c1-3-24(34(39)42-4-2)22-43-32(19-15-25-9-5-6-11-30(25)33(38)37-44(40)41)27-10-7-8-23(20-27)12-17-29-18-14-26-13-16-28(35)21-31(26)36-29;1-7-5-3-2-4-6-7/h5-11,13-14,16,18,20-21,24,32H,3-4,12,15,17,19,22H2,1-2H3;2-6H,1H3. The third kappa shape index (κ3) is 12.8. The van der Waals surface area contributed by atoms with Crippen LogP contribution in [0.4, 0.5) is 0 Å². The first kappa shape index (κ1) is 39.5. The van der Waals surface area contributed by atoms with Crippen LogP contribution in [0.25, 0.3) is 10.9 Å². The van der Waals surface area contributed by atoms with Gasteiger partial charge in [-0.2, -0.15) is 20.2 Å². The third-order valence-electron chi connectivity index (χ3n) is 8.34. The fourth-order valence-electron chi connectivity index (χ4n) is 5.57. The van der Waals surface area contributed by atoms with Gasteiger partial charge in [0, 0.05) is 32.7 Å². The zero-order chi connectivity index (χ0) is 36.6. The van der Waals surface area contributed by atoms with Crippen LogP contribution in [0.15, 0.2) is 114 Å². The molecule has 1 aromatic heterocycles. The van der Waals surface area contributed by atoms with E-state index < -0.39 is 16.4 Å². The minimum absolute atomic E-state index is 0.0214. The first-order valence-corrected chi connectivity index (χ1v) is 19.5. The molecule has 0 aliphatic heterocycles. The first-order chi connectivity index (χ1) is 24.7. The normalized spacial score (nSPS) is 11.9. The van der Waals surface area contributed by atoms with Crippen LogP contribution >= 0.6 is 23.4 Å². The topological polar surface area (TPSA) is 103 Å². The molecule has 266 valence electrons. The summed E-state index contributed by atoms with van der Waals surface area (Å²) in [5.41, 5.74) is 6.49. The van der Waals surface area contributed by atoms with Gasteiger partial charge in [-0.05, 0) is 86.9 Å². The van der Waals surface area contributed by atoms with Crippen molar-refractivity contribution in [1.82, 2.24) is 4.98 Å². The average Bonchev–Trinajstić information content (AvgIpc) is 3.12. The van der Waals surface area contributed by atoms with E-state index in [0.717, 1.165) is 40.6 Å². The molecule has 0 saturated carbocycles. The largest absolute Gasteiger partial charge is 0.466 e. The van der Waals surface area contributed by atoms with Crippen molar-refractivity contribution in [3.8, 4) is 0 Å². The molecule has 0 radical (unpaired) electrons. The van der Waals surface area contributed by atoms with Crippen molar-refractivity contribution in [1.29, 1.82) is 0 Å². The Morgan fingerprint density at radius 3 is 2.31 bits per heavy atom. The van der Waals surface area contributed by atoms with Crippen molar-refractivity contribution in [2.75, 3.05) is 12.4 Å². The number of aromatic nitrogens is 1. The minimum atomic E-state index is -2.82. The molecular formula is C41H43ClN2O5S2. The van der Waals surface area contributed by atoms with Gasteiger partial charge in [-0.15, -0.1) is 0 Å². The summed E-state index contributed by atoms with van der Waals surface area (Å²) in [4.78, 5) is 29.8. The van der Waals surface area contributed by atoms with Crippen LogP contribution in [0.2, 0.25) is 5.02 Å². The van der Waals surface area contributed by atoms with E-state index in [1.807, 2.05) is 74.5 Å². The molecule has 0 fully saturated rings. The third-order valence-corrected chi connectivity index (χ3v) is 10.4. The van der Waals surface area contributed by atoms with Gasteiger partial charge in [0.25, 0.3) is 5.91 Å². The van der Waals surface area contributed by atoms with Crippen LogP contribution in [-0.4, -0.2) is 37.6 Å². The van der Waals surface area contributed by atoms with Crippen molar-refractivity contribution in [2.24, 2.45) is 10.3 Å². The molecule has 5 rings (SSSR count). The summed E-state index contributed by atoms with van der Waals surface area (Å²) in [6, 6.07) is 35.5. The summed E-state index contributed by atoms with van der Waals surface area (Å²) in [6.45, 7) is 6.22. The van der Waals surface area contributed by atoms with E-state index in [2.05, 4.69) is 47.7 Å². The lowest BCUT2D eigenvalue weighted by atomic mass is 9.97. The van der Waals surface area contributed by atoms with E-state index in [1.54, 1.807) is 23.9 Å². The van der Waals surface area contributed by atoms with Crippen LogP contribution in [-0.2, 0) is 39.3 Å². The number of halogens is 1. The van der Waals surface area contributed by atoms with Crippen LogP contribution in [0, 0.1) is 12.8 Å². The Balaban J connectivity index is 0.000000742. The van der Waals surface area contributed by atoms with E-state index in [0.29, 0.717) is 36.6 Å². The summed E-state index contributed by atoms with van der Waals surface area (Å²) in [5.74, 6) is -0.600. The van der Waals surface area contributed by atoms with Gasteiger partial charge in [-0.25, -0.2) is 0 Å². The van der Waals surface area contributed by atoms with Crippen LogP contribution < -0.4 is 0 Å². The molecule has 4 aromatic carbocycles. The second kappa shape index (κ2) is 20.5. The zero-order valence-corrected chi connectivity index (χ0v) is 31.5. The fourth-order valence-corrected chi connectivity index (χ4v) is 7.43. The van der Waals surface area contributed by atoms with Crippen molar-refractivity contribution in [3.05, 3.63) is 148 Å². The predicted molar refractivity (Wildman–Crippen MR) is 208 cm³/mol. The second-order valence-corrected chi connectivity index (χ2v) is 14.3. The smallest absolute Gasteiger partial charge is 0.319 e. The number of rotatable bonds is 14. The summed E-state index contributed by atoms with van der Waals surface area (Å²) in [6.07, 6.45) is 3.45. The molecule has 1 amide bonds. The maximum atomic E-state index is 12.5. The summed E-state index contributed by atoms with van der Waals surface area (Å²) in [7, 11) is -2.82. The fraction of sp³-hybridized carbons (Fsp3) is 0.293.